The number of rotatable bonds is 2. The summed E-state index contributed by atoms with van der Waals surface area (Å²) in [5.41, 5.74) is 2.09. The molecule has 1 aromatic carbocycles. The van der Waals surface area contributed by atoms with Crippen molar-refractivity contribution in [2.24, 2.45) is 10.1 Å². The van der Waals surface area contributed by atoms with Gasteiger partial charge < -0.3 is 5.32 Å². The Morgan fingerprint density at radius 2 is 2.05 bits per heavy atom. The van der Waals surface area contributed by atoms with Crippen molar-refractivity contribution in [1.82, 2.24) is 5.32 Å². The minimum Gasteiger partial charge on any atom is -0.341 e. The Balaban J connectivity index is 1.80. The molecule has 1 heterocycles. The summed E-state index contributed by atoms with van der Waals surface area (Å²) in [5.74, 6) is 0.0397. The lowest BCUT2D eigenvalue weighted by atomic mass is 10.1. The van der Waals surface area contributed by atoms with E-state index >= 15 is 0 Å². The van der Waals surface area contributed by atoms with Crippen molar-refractivity contribution in [3.63, 3.8) is 0 Å². The van der Waals surface area contributed by atoms with Gasteiger partial charge in [-0.15, -0.1) is 0 Å². The minimum atomic E-state index is -3.95. The van der Waals surface area contributed by atoms with E-state index in [0.29, 0.717) is 12.3 Å². The fourth-order valence-electron chi connectivity index (χ4n) is 2.30. The van der Waals surface area contributed by atoms with Gasteiger partial charge in [0.25, 0.3) is 0 Å². The van der Waals surface area contributed by atoms with Gasteiger partial charge in [-0.3, -0.25) is 4.79 Å². The van der Waals surface area contributed by atoms with Crippen molar-refractivity contribution in [3.8, 4) is 0 Å². The molecule has 2 aliphatic rings. The number of nitrogens with two attached hydrogens (primary N) is 1. The van der Waals surface area contributed by atoms with Crippen LogP contribution in [0.3, 0.4) is 0 Å². The lowest BCUT2D eigenvalue weighted by molar-refractivity contribution is -0.114. The number of para-hydroxylation sites is 1. The molecule has 6 nitrogen and oxygen atoms in total. The van der Waals surface area contributed by atoms with Crippen LogP contribution in [0, 0.1) is 0 Å². The third-order valence-corrected chi connectivity index (χ3v) is 4.39. The van der Waals surface area contributed by atoms with E-state index in [9.17, 15) is 13.2 Å². The minimum absolute atomic E-state index is 0.183. The molecule has 0 radical (unpaired) electrons. The molecule has 21 heavy (non-hydrogen) atoms. The molecule has 1 aliphatic carbocycles. The van der Waals surface area contributed by atoms with E-state index in [1.54, 1.807) is 0 Å². The highest BCUT2D eigenvalue weighted by Gasteiger charge is 2.32. The number of benzene rings is 1. The maximum atomic E-state index is 12.1. The third kappa shape index (κ3) is 2.65. The van der Waals surface area contributed by atoms with Crippen LogP contribution in [0.4, 0.5) is 5.69 Å². The number of aliphatic imine (C=N–C) groups is 1. The lowest BCUT2D eigenvalue weighted by Crippen LogP contribution is -2.40. The van der Waals surface area contributed by atoms with Gasteiger partial charge in [-0.05, 0) is 17.7 Å². The number of nitrogens with zero attached hydrogens (tertiary/aromatic N) is 1. The first-order valence-electron chi connectivity index (χ1n) is 6.32. The average Bonchev–Trinajstić information content (AvgIpc) is 2.82. The van der Waals surface area contributed by atoms with Crippen LogP contribution in [0.25, 0.3) is 0 Å². The monoisotopic (exact) mass is 303 g/mol. The Morgan fingerprint density at radius 1 is 1.29 bits per heavy atom. The summed E-state index contributed by atoms with van der Waals surface area (Å²) in [6, 6.07) is 7.64. The van der Waals surface area contributed by atoms with Crippen LogP contribution in [-0.2, 0) is 21.2 Å². The number of hydrogen-bond donors (Lipinski definition) is 2. The number of ketones is 1. The zero-order chi connectivity index (χ0) is 15.0. The molecule has 0 spiro atoms. The first-order chi connectivity index (χ1) is 9.95. The average molecular weight is 303 g/mol. The van der Waals surface area contributed by atoms with Crippen LogP contribution in [0.15, 0.2) is 53.2 Å². The second kappa shape index (κ2) is 4.94. The fraction of sp³-hybridized carbons (Fsp3) is 0.143. The Bertz CT molecular complexity index is 807. The van der Waals surface area contributed by atoms with Crippen molar-refractivity contribution in [1.29, 1.82) is 0 Å². The van der Waals surface area contributed by atoms with E-state index in [4.69, 9.17) is 5.14 Å². The van der Waals surface area contributed by atoms with Crippen LogP contribution in [0.5, 0.6) is 0 Å². The maximum absolute atomic E-state index is 12.1. The van der Waals surface area contributed by atoms with Crippen molar-refractivity contribution in [2.45, 2.75) is 11.7 Å². The number of hydrogen-bond acceptors (Lipinski definition) is 5. The number of allylic oxidation sites excluding steroid dienone is 3. The molecule has 1 aromatic rings. The maximum Gasteiger partial charge on any atom is 0.223 e. The van der Waals surface area contributed by atoms with Crippen molar-refractivity contribution < 1.29 is 13.2 Å². The molecule has 3 N–H and O–H groups in total. The summed E-state index contributed by atoms with van der Waals surface area (Å²) in [7, 11) is -3.95. The Kier molecular flexibility index (Phi) is 3.23. The van der Waals surface area contributed by atoms with E-state index in [1.807, 2.05) is 24.3 Å². The summed E-state index contributed by atoms with van der Waals surface area (Å²) in [4.78, 5) is 16.5. The topological polar surface area (TPSA) is 102 Å². The van der Waals surface area contributed by atoms with Gasteiger partial charge in [-0.1, -0.05) is 30.4 Å². The number of nitrogens with one attached hydrogen (secondary N) is 1. The highest BCUT2D eigenvalue weighted by atomic mass is 32.2. The molecule has 1 atom stereocenters. The zero-order valence-corrected chi connectivity index (χ0v) is 11.8. The van der Waals surface area contributed by atoms with Crippen molar-refractivity contribution in [2.75, 3.05) is 0 Å². The number of amidine groups is 1. The number of sulfonamides is 1. The molecule has 1 aliphatic heterocycles. The summed E-state index contributed by atoms with van der Waals surface area (Å²) >= 11 is 0. The number of carbonyl (C=O) groups excluding carboxylic acids is 1. The molecule has 0 saturated carbocycles. The first-order valence-corrected chi connectivity index (χ1v) is 7.93. The smallest absolute Gasteiger partial charge is 0.223 e. The van der Waals surface area contributed by atoms with Crippen LogP contribution < -0.4 is 10.5 Å². The molecule has 7 heteroatoms. The molecule has 0 amide bonds. The third-order valence-electron chi connectivity index (χ3n) is 3.31. The molecular formula is C14H13N3O3S. The fourth-order valence-corrected chi connectivity index (χ4v) is 3.03. The molecule has 108 valence electrons. The van der Waals surface area contributed by atoms with Crippen LogP contribution in [-0.4, -0.2) is 25.3 Å². The van der Waals surface area contributed by atoms with E-state index < -0.39 is 21.1 Å². The van der Waals surface area contributed by atoms with Crippen LogP contribution >= 0.6 is 0 Å². The van der Waals surface area contributed by atoms with Gasteiger partial charge in [-0.25, -0.2) is 18.5 Å². The Morgan fingerprint density at radius 3 is 2.76 bits per heavy atom. The van der Waals surface area contributed by atoms with Gasteiger partial charge in [0.05, 0.1) is 11.4 Å². The van der Waals surface area contributed by atoms with Gasteiger partial charge in [0.1, 0.15) is 5.84 Å². The highest BCUT2D eigenvalue weighted by Crippen LogP contribution is 2.25. The number of fused-ring (bicyclic) bond motifs is 1. The second-order valence-corrected chi connectivity index (χ2v) is 6.51. The van der Waals surface area contributed by atoms with Gasteiger partial charge >= 0.3 is 0 Å². The van der Waals surface area contributed by atoms with E-state index in [-0.39, 0.29) is 5.70 Å². The summed E-state index contributed by atoms with van der Waals surface area (Å²) in [5, 5.41) is 6.62. The summed E-state index contributed by atoms with van der Waals surface area (Å²) in [6.45, 7) is 0. The van der Waals surface area contributed by atoms with E-state index in [1.165, 1.54) is 18.2 Å². The Hall–Kier alpha value is -2.25. The molecular weight excluding hydrogens is 290 g/mol. The van der Waals surface area contributed by atoms with E-state index in [2.05, 4.69) is 10.3 Å². The molecule has 3 rings (SSSR count). The predicted molar refractivity (Wildman–Crippen MR) is 79.5 cm³/mol. The number of primary sulfonamides is 1. The largest absolute Gasteiger partial charge is 0.341 e. The molecule has 0 bridgehead atoms. The summed E-state index contributed by atoms with van der Waals surface area (Å²) in [6.07, 6.45) is 4.87. The van der Waals surface area contributed by atoms with Gasteiger partial charge in [-0.2, -0.15) is 0 Å². The number of carbonyl (C=O) groups is 1. The van der Waals surface area contributed by atoms with Crippen molar-refractivity contribution >= 4 is 27.3 Å². The second-order valence-electron chi connectivity index (χ2n) is 4.83. The lowest BCUT2D eigenvalue weighted by Gasteiger charge is -2.16. The van der Waals surface area contributed by atoms with Gasteiger partial charge in [0, 0.05) is 6.42 Å². The summed E-state index contributed by atoms with van der Waals surface area (Å²) < 4.78 is 22.8. The Labute approximate surface area is 122 Å². The molecule has 1 unspecified atom stereocenters. The van der Waals surface area contributed by atoms with Crippen LogP contribution in [0.2, 0.25) is 0 Å². The quantitative estimate of drug-likeness (QED) is 0.832. The molecule has 0 aromatic heterocycles. The van der Waals surface area contributed by atoms with E-state index in [0.717, 1.165) is 11.3 Å². The number of Topliss-reactive ketones (excluding diaryl/α,β-unsaturated/α-hetero) is 1. The van der Waals surface area contributed by atoms with Gasteiger partial charge in [0.15, 0.2) is 5.25 Å². The predicted octanol–water partition coefficient (Wildman–Crippen LogP) is 0.542. The SMILES string of the molecule is NS(=O)(=O)C1C=CC=C(NC2=Nc3ccccc3C2)C1=O. The molecule has 0 fully saturated rings. The highest BCUT2D eigenvalue weighted by molar-refractivity contribution is 7.90. The zero-order valence-electron chi connectivity index (χ0n) is 11.0. The standard InChI is InChI=1S/C14H13N3O3S/c15-21(19,20)12-7-3-6-11(14(12)18)17-13-8-9-4-1-2-5-10(9)16-13/h1-7,12H,8H2,(H,16,17)(H2,15,19,20). The van der Waals surface area contributed by atoms with Crippen molar-refractivity contribution in [3.05, 3.63) is 53.8 Å². The normalized spacial score (nSPS) is 20.8. The first kappa shape index (κ1) is 13.7. The van der Waals surface area contributed by atoms with Gasteiger partial charge in [0.2, 0.25) is 15.8 Å². The van der Waals surface area contributed by atoms with Crippen LogP contribution in [0.1, 0.15) is 5.56 Å². The molecule has 0 saturated heterocycles.